The van der Waals surface area contributed by atoms with Crippen molar-refractivity contribution in [3.63, 3.8) is 0 Å². The molecule has 0 bridgehead atoms. The summed E-state index contributed by atoms with van der Waals surface area (Å²) < 4.78 is 18.8. The number of ether oxygens (including phenoxy) is 1. The van der Waals surface area contributed by atoms with Gasteiger partial charge in [0, 0.05) is 23.0 Å². The Kier molecular flexibility index (Phi) is 5.98. The summed E-state index contributed by atoms with van der Waals surface area (Å²) in [5, 5.41) is 0.644. The van der Waals surface area contributed by atoms with Gasteiger partial charge in [0.15, 0.2) is 6.61 Å². The van der Waals surface area contributed by atoms with E-state index in [2.05, 4.69) is 4.98 Å². The van der Waals surface area contributed by atoms with Crippen LogP contribution in [0.15, 0.2) is 54.6 Å². The van der Waals surface area contributed by atoms with E-state index in [1.54, 1.807) is 30.3 Å². The summed E-state index contributed by atoms with van der Waals surface area (Å²) in [5.74, 6) is -1.10. The first-order valence-electron chi connectivity index (χ1n) is 10.6. The third kappa shape index (κ3) is 4.43. The Morgan fingerprint density at radius 1 is 1.06 bits per heavy atom. The van der Waals surface area contributed by atoms with Crippen molar-refractivity contribution < 1.29 is 18.7 Å². The maximum atomic E-state index is 13.3. The van der Waals surface area contributed by atoms with E-state index in [0.717, 1.165) is 19.3 Å². The highest BCUT2D eigenvalue weighted by Gasteiger charge is 2.29. The van der Waals surface area contributed by atoms with Gasteiger partial charge < -0.3 is 9.64 Å². The number of hydrogen-bond donors (Lipinski definition) is 0. The van der Waals surface area contributed by atoms with Crippen LogP contribution in [0.4, 0.5) is 4.39 Å². The van der Waals surface area contributed by atoms with Crippen molar-refractivity contribution in [2.45, 2.75) is 45.2 Å². The first-order valence-corrected chi connectivity index (χ1v) is 10.6. The lowest BCUT2D eigenvalue weighted by Gasteiger charge is -2.38. The lowest BCUT2D eigenvalue weighted by Crippen LogP contribution is -2.49. The van der Waals surface area contributed by atoms with Crippen LogP contribution in [0, 0.1) is 5.82 Å². The van der Waals surface area contributed by atoms with E-state index in [1.807, 2.05) is 30.9 Å². The van der Waals surface area contributed by atoms with Crippen molar-refractivity contribution in [3.8, 4) is 11.3 Å². The number of likely N-dealkylation sites (tertiary alicyclic amines) is 1. The molecule has 0 saturated carbocycles. The van der Waals surface area contributed by atoms with E-state index in [-0.39, 0.29) is 30.4 Å². The fourth-order valence-corrected chi connectivity index (χ4v) is 4.31. The molecule has 2 aromatic carbocycles. The number of carbonyl (C=O) groups is 2. The number of carbonyl (C=O) groups excluding carboxylic acids is 2. The van der Waals surface area contributed by atoms with Crippen LogP contribution in [-0.2, 0) is 9.53 Å². The number of pyridine rings is 1. The fraction of sp³-hybridized carbons (Fsp3) is 0.320. The normalized spacial score (nSPS) is 18.7. The van der Waals surface area contributed by atoms with Gasteiger partial charge in [0.1, 0.15) is 5.82 Å². The number of para-hydroxylation sites is 1. The van der Waals surface area contributed by atoms with Crippen LogP contribution in [0.25, 0.3) is 22.2 Å². The van der Waals surface area contributed by atoms with Gasteiger partial charge in [-0.05, 0) is 69.5 Å². The maximum Gasteiger partial charge on any atom is 0.339 e. The highest BCUT2D eigenvalue weighted by atomic mass is 19.1. The van der Waals surface area contributed by atoms with Gasteiger partial charge in [-0.3, -0.25) is 4.79 Å². The third-order valence-corrected chi connectivity index (χ3v) is 5.88. The second-order valence-corrected chi connectivity index (χ2v) is 8.09. The number of esters is 1. The Hall–Kier alpha value is -3.28. The second-order valence-electron chi connectivity index (χ2n) is 8.09. The number of nitrogens with zero attached hydrogens (tertiary/aromatic N) is 2. The number of hydrogen-bond acceptors (Lipinski definition) is 4. The Morgan fingerprint density at radius 3 is 2.45 bits per heavy atom. The first-order chi connectivity index (χ1) is 14.9. The van der Waals surface area contributed by atoms with E-state index in [0.29, 0.717) is 27.7 Å². The molecule has 0 radical (unpaired) electrons. The molecule has 160 valence electrons. The number of fused-ring (bicyclic) bond motifs is 1. The second kappa shape index (κ2) is 8.84. The largest absolute Gasteiger partial charge is 0.452 e. The number of halogens is 1. The molecule has 1 aliphatic heterocycles. The smallest absolute Gasteiger partial charge is 0.339 e. The van der Waals surface area contributed by atoms with Gasteiger partial charge >= 0.3 is 5.97 Å². The summed E-state index contributed by atoms with van der Waals surface area (Å²) >= 11 is 0. The van der Waals surface area contributed by atoms with Crippen molar-refractivity contribution >= 4 is 22.8 Å². The van der Waals surface area contributed by atoms with Crippen molar-refractivity contribution in [2.24, 2.45) is 0 Å². The minimum absolute atomic E-state index is 0.141. The lowest BCUT2D eigenvalue weighted by atomic mass is 9.97. The van der Waals surface area contributed by atoms with E-state index < -0.39 is 5.97 Å². The van der Waals surface area contributed by atoms with Crippen LogP contribution < -0.4 is 0 Å². The van der Waals surface area contributed by atoms with Gasteiger partial charge in [-0.15, -0.1) is 0 Å². The molecule has 3 aromatic rings. The Labute approximate surface area is 180 Å². The van der Waals surface area contributed by atoms with Crippen LogP contribution >= 0.6 is 0 Å². The molecule has 1 amide bonds. The molecule has 31 heavy (non-hydrogen) atoms. The molecule has 2 atom stereocenters. The minimum atomic E-state index is -0.576. The van der Waals surface area contributed by atoms with Gasteiger partial charge in [0.05, 0.1) is 16.8 Å². The molecule has 1 aliphatic rings. The summed E-state index contributed by atoms with van der Waals surface area (Å²) in [4.78, 5) is 32.1. The zero-order valence-corrected chi connectivity index (χ0v) is 17.7. The van der Waals surface area contributed by atoms with Crippen LogP contribution in [0.5, 0.6) is 0 Å². The average Bonchev–Trinajstić information content (AvgIpc) is 2.77. The molecule has 0 spiro atoms. The van der Waals surface area contributed by atoms with Gasteiger partial charge in [0.25, 0.3) is 5.91 Å². The number of benzene rings is 2. The first kappa shape index (κ1) is 21.0. The molecule has 0 unspecified atom stereocenters. The standard InChI is InChI=1S/C25H25FN2O3/c1-16-6-5-7-17(2)28(16)24(29)15-31-25(30)21-14-23(18-10-12-19(26)13-11-18)27-22-9-4-3-8-20(21)22/h3-4,8-14,16-17H,5-7,15H2,1-2H3/t16-,17-/m0/s1. The minimum Gasteiger partial charge on any atom is -0.452 e. The van der Waals surface area contributed by atoms with Gasteiger partial charge in [0.2, 0.25) is 0 Å². The fourth-order valence-electron chi connectivity index (χ4n) is 4.31. The zero-order chi connectivity index (χ0) is 22.0. The Morgan fingerprint density at radius 2 is 1.74 bits per heavy atom. The highest BCUT2D eigenvalue weighted by Crippen LogP contribution is 2.26. The zero-order valence-electron chi connectivity index (χ0n) is 17.7. The molecule has 2 heterocycles. The number of piperidine rings is 1. The molecular weight excluding hydrogens is 395 g/mol. The maximum absolute atomic E-state index is 13.3. The SMILES string of the molecule is C[C@H]1CCC[C@H](C)N1C(=O)COC(=O)c1cc(-c2ccc(F)cc2)nc2ccccc12. The predicted octanol–water partition coefficient (Wildman–Crippen LogP) is 4.99. The Balaban J connectivity index is 1.59. The number of amides is 1. The number of aromatic nitrogens is 1. The van der Waals surface area contributed by atoms with Gasteiger partial charge in [-0.2, -0.15) is 0 Å². The quantitative estimate of drug-likeness (QED) is 0.558. The van der Waals surface area contributed by atoms with Crippen LogP contribution in [0.1, 0.15) is 43.5 Å². The predicted molar refractivity (Wildman–Crippen MR) is 117 cm³/mol. The van der Waals surface area contributed by atoms with Crippen molar-refractivity contribution in [3.05, 3.63) is 66.0 Å². The molecule has 1 fully saturated rings. The highest BCUT2D eigenvalue weighted by molar-refractivity contribution is 6.05. The summed E-state index contributed by atoms with van der Waals surface area (Å²) in [5.41, 5.74) is 2.18. The van der Waals surface area contributed by atoms with Crippen molar-refractivity contribution in [1.82, 2.24) is 9.88 Å². The molecular formula is C25H25FN2O3. The van der Waals surface area contributed by atoms with Gasteiger partial charge in [-0.25, -0.2) is 14.2 Å². The third-order valence-electron chi connectivity index (χ3n) is 5.88. The molecule has 0 N–H and O–H groups in total. The topological polar surface area (TPSA) is 59.5 Å². The van der Waals surface area contributed by atoms with E-state index in [4.69, 9.17) is 4.74 Å². The summed E-state index contributed by atoms with van der Waals surface area (Å²) in [7, 11) is 0. The molecule has 1 saturated heterocycles. The van der Waals surface area contributed by atoms with Crippen molar-refractivity contribution in [2.75, 3.05) is 6.61 Å². The average molecular weight is 420 g/mol. The molecule has 6 heteroatoms. The van der Waals surface area contributed by atoms with Crippen LogP contribution in [0.3, 0.4) is 0 Å². The molecule has 1 aromatic heterocycles. The van der Waals surface area contributed by atoms with Crippen molar-refractivity contribution in [1.29, 1.82) is 0 Å². The summed E-state index contributed by atoms with van der Waals surface area (Å²) in [6.45, 7) is 3.76. The van der Waals surface area contributed by atoms with Gasteiger partial charge in [-0.1, -0.05) is 18.2 Å². The number of rotatable bonds is 4. The summed E-state index contributed by atoms with van der Waals surface area (Å²) in [6, 6.07) is 15.1. The van der Waals surface area contributed by atoms with E-state index in [9.17, 15) is 14.0 Å². The van der Waals surface area contributed by atoms with E-state index in [1.165, 1.54) is 12.1 Å². The lowest BCUT2D eigenvalue weighted by molar-refractivity contribution is -0.140. The molecule has 0 aliphatic carbocycles. The van der Waals surface area contributed by atoms with Crippen LogP contribution in [-0.4, -0.2) is 40.5 Å². The van der Waals surface area contributed by atoms with E-state index >= 15 is 0 Å². The summed E-state index contributed by atoms with van der Waals surface area (Å²) in [6.07, 6.45) is 3.02. The molecule has 5 nitrogen and oxygen atoms in total. The Bertz CT molecular complexity index is 1100. The van der Waals surface area contributed by atoms with Crippen LogP contribution in [0.2, 0.25) is 0 Å². The molecule has 4 rings (SSSR count). The monoisotopic (exact) mass is 420 g/mol.